The molecule has 0 N–H and O–H groups in total. The first-order chi connectivity index (χ1) is 9.86. The van der Waals surface area contributed by atoms with E-state index in [1.165, 1.54) is 0 Å². The van der Waals surface area contributed by atoms with Gasteiger partial charge >= 0.3 is 0 Å². The van der Waals surface area contributed by atoms with Crippen molar-refractivity contribution in [3.63, 3.8) is 0 Å². The highest BCUT2D eigenvalue weighted by Crippen LogP contribution is 2.30. The Morgan fingerprint density at radius 3 is 2.60 bits per heavy atom. The van der Waals surface area contributed by atoms with Crippen molar-refractivity contribution in [3.05, 3.63) is 43.0 Å². The Morgan fingerprint density at radius 1 is 0.900 bits per heavy atom. The second kappa shape index (κ2) is 4.89. The third kappa shape index (κ3) is 1.65. The lowest BCUT2D eigenvalue weighted by Crippen LogP contribution is -1.90. The molecule has 0 aliphatic carbocycles. The molecule has 4 rings (SSSR count). The van der Waals surface area contributed by atoms with Crippen LogP contribution in [0.4, 0.5) is 0 Å². The van der Waals surface area contributed by atoms with Crippen LogP contribution in [0, 0.1) is 0 Å². The third-order valence-corrected chi connectivity index (χ3v) is 3.37. The smallest absolute Gasteiger partial charge is 0.142 e. The molecule has 4 aromatic heterocycles. The molecule has 4 heterocycles. The van der Waals surface area contributed by atoms with Gasteiger partial charge in [-0.05, 0) is 18.2 Å². The molecular formula is C16H16N4. The molecule has 0 aliphatic rings. The summed E-state index contributed by atoms with van der Waals surface area (Å²) >= 11 is 0. The van der Waals surface area contributed by atoms with Crippen molar-refractivity contribution in [2.45, 2.75) is 13.8 Å². The lowest BCUT2D eigenvalue weighted by molar-refractivity contribution is 0.969. The number of hydrogen-bond donors (Lipinski definition) is 0. The largest absolute Gasteiger partial charge is 0.313 e. The Bertz CT molecular complexity index is 893. The summed E-state index contributed by atoms with van der Waals surface area (Å²) in [7, 11) is 1.99. The summed E-state index contributed by atoms with van der Waals surface area (Å²) in [6, 6.07) is 6.02. The highest BCUT2D eigenvalue weighted by molar-refractivity contribution is 6.18. The fourth-order valence-corrected chi connectivity index (χ4v) is 2.52. The molecular weight excluding hydrogens is 248 g/mol. The second-order valence-electron chi connectivity index (χ2n) is 4.35. The molecule has 4 aromatic rings. The van der Waals surface area contributed by atoms with Crippen molar-refractivity contribution < 1.29 is 0 Å². The van der Waals surface area contributed by atoms with Crippen LogP contribution in [0.15, 0.2) is 43.0 Å². The molecule has 0 fully saturated rings. The lowest BCUT2D eigenvalue weighted by atomic mass is 10.1. The normalized spacial score (nSPS) is 10.8. The van der Waals surface area contributed by atoms with E-state index in [0.29, 0.717) is 0 Å². The zero-order chi connectivity index (χ0) is 14.1. The van der Waals surface area contributed by atoms with Crippen LogP contribution in [0.5, 0.6) is 0 Å². The average molecular weight is 264 g/mol. The summed E-state index contributed by atoms with van der Waals surface area (Å²) in [6.07, 6.45) is 7.38. The monoisotopic (exact) mass is 264 g/mol. The summed E-state index contributed by atoms with van der Waals surface area (Å²) in [6.45, 7) is 4.00. The third-order valence-electron chi connectivity index (χ3n) is 3.37. The SMILES string of the molecule is CC.Cn1c2ncccc2c2c3cnccc3cnc21. The lowest BCUT2D eigenvalue weighted by Gasteiger charge is -1.99. The van der Waals surface area contributed by atoms with Crippen LogP contribution in [-0.2, 0) is 7.05 Å². The van der Waals surface area contributed by atoms with Crippen molar-refractivity contribution in [3.8, 4) is 0 Å². The summed E-state index contributed by atoms with van der Waals surface area (Å²) < 4.78 is 2.02. The van der Waals surface area contributed by atoms with Gasteiger partial charge in [-0.25, -0.2) is 9.97 Å². The van der Waals surface area contributed by atoms with E-state index in [1.54, 1.807) is 6.20 Å². The minimum absolute atomic E-state index is 0.948. The number of rotatable bonds is 0. The molecule has 4 nitrogen and oxygen atoms in total. The highest BCUT2D eigenvalue weighted by atomic mass is 15.1. The van der Waals surface area contributed by atoms with Gasteiger partial charge in [-0.1, -0.05) is 13.8 Å². The molecule has 0 bridgehead atoms. The van der Waals surface area contributed by atoms with Crippen molar-refractivity contribution in [2.75, 3.05) is 0 Å². The van der Waals surface area contributed by atoms with Gasteiger partial charge in [-0.3, -0.25) is 4.98 Å². The fraction of sp³-hybridized carbons (Fsp3) is 0.188. The standard InChI is InChI=1S/C14H10N4.C2H6/c1-18-13-10(3-2-5-16-13)12-11-8-15-6-4-9(11)7-17-14(12)18;1-2/h2-8H,1H3;1-2H3. The quantitative estimate of drug-likeness (QED) is 0.486. The minimum atomic E-state index is 0.948. The van der Waals surface area contributed by atoms with Crippen LogP contribution in [-0.4, -0.2) is 19.5 Å². The molecule has 0 atom stereocenters. The summed E-state index contributed by atoms with van der Waals surface area (Å²) in [5.74, 6) is 0. The molecule has 0 spiro atoms. The van der Waals surface area contributed by atoms with Crippen molar-refractivity contribution in [1.82, 2.24) is 19.5 Å². The Balaban J connectivity index is 0.000000581. The van der Waals surface area contributed by atoms with E-state index in [2.05, 4.69) is 21.0 Å². The summed E-state index contributed by atoms with van der Waals surface area (Å²) in [5, 5.41) is 4.49. The maximum Gasteiger partial charge on any atom is 0.142 e. The van der Waals surface area contributed by atoms with Gasteiger partial charge in [0.15, 0.2) is 0 Å². The Morgan fingerprint density at radius 2 is 1.75 bits per heavy atom. The topological polar surface area (TPSA) is 43.6 Å². The first-order valence-corrected chi connectivity index (χ1v) is 6.78. The zero-order valence-electron chi connectivity index (χ0n) is 11.8. The van der Waals surface area contributed by atoms with Crippen LogP contribution < -0.4 is 0 Å². The van der Waals surface area contributed by atoms with Crippen molar-refractivity contribution in [1.29, 1.82) is 0 Å². The summed E-state index contributed by atoms with van der Waals surface area (Å²) in [5.41, 5.74) is 1.90. The Labute approximate surface area is 117 Å². The van der Waals surface area contributed by atoms with Gasteiger partial charge in [-0.2, -0.15) is 0 Å². The van der Waals surface area contributed by atoms with Crippen LogP contribution in [0.1, 0.15) is 13.8 Å². The van der Waals surface area contributed by atoms with Gasteiger partial charge in [-0.15, -0.1) is 0 Å². The minimum Gasteiger partial charge on any atom is -0.313 e. The predicted octanol–water partition coefficient (Wildman–Crippen LogP) is 3.70. The number of aromatic nitrogens is 4. The summed E-state index contributed by atoms with van der Waals surface area (Å²) in [4.78, 5) is 13.2. The molecule has 0 amide bonds. The number of fused-ring (bicyclic) bond motifs is 5. The number of aryl methyl sites for hydroxylation is 1. The van der Waals surface area contributed by atoms with E-state index in [0.717, 1.165) is 32.8 Å². The Hall–Kier alpha value is -2.49. The maximum atomic E-state index is 4.54. The van der Waals surface area contributed by atoms with E-state index in [-0.39, 0.29) is 0 Å². The molecule has 0 radical (unpaired) electrons. The number of hydrogen-bond acceptors (Lipinski definition) is 3. The van der Waals surface area contributed by atoms with E-state index in [1.807, 2.05) is 56.2 Å². The zero-order valence-corrected chi connectivity index (χ0v) is 11.8. The van der Waals surface area contributed by atoms with Gasteiger partial charge in [0, 0.05) is 53.4 Å². The maximum absolute atomic E-state index is 4.54. The average Bonchev–Trinajstić information content (AvgIpc) is 2.83. The van der Waals surface area contributed by atoms with Crippen molar-refractivity contribution >= 4 is 32.8 Å². The first-order valence-electron chi connectivity index (χ1n) is 6.78. The van der Waals surface area contributed by atoms with Crippen LogP contribution >= 0.6 is 0 Å². The predicted molar refractivity (Wildman–Crippen MR) is 82.7 cm³/mol. The second-order valence-corrected chi connectivity index (χ2v) is 4.35. The molecule has 100 valence electrons. The van der Waals surface area contributed by atoms with Gasteiger partial charge in [0.25, 0.3) is 0 Å². The van der Waals surface area contributed by atoms with E-state index >= 15 is 0 Å². The molecule has 20 heavy (non-hydrogen) atoms. The van der Waals surface area contributed by atoms with E-state index in [4.69, 9.17) is 0 Å². The molecule has 0 saturated carbocycles. The van der Waals surface area contributed by atoms with Gasteiger partial charge in [0.1, 0.15) is 11.3 Å². The first kappa shape index (κ1) is 12.5. The fourth-order valence-electron chi connectivity index (χ4n) is 2.52. The number of pyridine rings is 3. The highest BCUT2D eigenvalue weighted by Gasteiger charge is 2.12. The van der Waals surface area contributed by atoms with Crippen LogP contribution in [0.3, 0.4) is 0 Å². The van der Waals surface area contributed by atoms with E-state index in [9.17, 15) is 0 Å². The van der Waals surface area contributed by atoms with Crippen LogP contribution in [0.25, 0.3) is 32.8 Å². The van der Waals surface area contributed by atoms with Gasteiger partial charge in [0.05, 0.1) is 0 Å². The molecule has 0 saturated heterocycles. The number of nitrogens with zero attached hydrogens (tertiary/aromatic N) is 4. The van der Waals surface area contributed by atoms with Crippen molar-refractivity contribution in [2.24, 2.45) is 7.05 Å². The van der Waals surface area contributed by atoms with E-state index < -0.39 is 0 Å². The van der Waals surface area contributed by atoms with Gasteiger partial charge < -0.3 is 4.57 Å². The molecule has 4 heteroatoms. The Kier molecular flexibility index (Phi) is 3.06. The molecule has 0 unspecified atom stereocenters. The molecule has 0 aromatic carbocycles. The van der Waals surface area contributed by atoms with Crippen LogP contribution in [0.2, 0.25) is 0 Å². The van der Waals surface area contributed by atoms with Gasteiger partial charge in [0.2, 0.25) is 0 Å². The molecule has 0 aliphatic heterocycles.